The highest BCUT2D eigenvalue weighted by Crippen LogP contribution is 2.50. The molecule has 0 bridgehead atoms. The van der Waals surface area contributed by atoms with Gasteiger partial charge in [0, 0.05) is 0 Å². The molecule has 30 aromatic rings. The van der Waals surface area contributed by atoms with Crippen LogP contribution in [0.4, 0.5) is 0 Å². The Balaban J connectivity index is 0.000000107. The van der Waals surface area contributed by atoms with Gasteiger partial charge in [0.1, 0.15) is 0 Å². The van der Waals surface area contributed by atoms with Crippen LogP contribution in [0.1, 0.15) is 0 Å². The zero-order valence-electron chi connectivity index (χ0n) is 81.3. The minimum atomic E-state index is 1.22. The lowest BCUT2D eigenvalue weighted by Crippen LogP contribution is -1.92. The van der Waals surface area contributed by atoms with Crippen LogP contribution in [-0.2, 0) is 0 Å². The average molecular weight is 1870 g/mol. The van der Waals surface area contributed by atoms with Gasteiger partial charge in [0.05, 0.1) is 0 Å². The summed E-state index contributed by atoms with van der Waals surface area (Å²) in [5.74, 6) is 0. The van der Waals surface area contributed by atoms with Gasteiger partial charge < -0.3 is 0 Å². The van der Waals surface area contributed by atoms with E-state index < -0.39 is 0 Å². The van der Waals surface area contributed by atoms with Crippen LogP contribution >= 0.6 is 0 Å². The maximum Gasteiger partial charge on any atom is -0.00204 e. The Labute approximate surface area is 858 Å². The molecule has 0 heterocycles. The van der Waals surface area contributed by atoms with E-state index in [1.54, 1.807) is 0 Å². The second kappa shape index (κ2) is 36.6. The molecular weight excluding hydrogens is 1780 g/mol. The Morgan fingerprint density at radius 2 is 0.297 bits per heavy atom. The Hall–Kier alpha value is -19.2. The van der Waals surface area contributed by atoms with Gasteiger partial charge in [0.15, 0.2) is 0 Å². The van der Waals surface area contributed by atoms with Crippen molar-refractivity contribution >= 4 is 172 Å². The quantitative estimate of drug-likeness (QED) is 0.113. The summed E-state index contributed by atoms with van der Waals surface area (Å²) in [6.07, 6.45) is 0. The second-order valence-electron chi connectivity index (χ2n) is 39.5. The highest BCUT2D eigenvalue weighted by atomic mass is 14.3. The highest BCUT2D eigenvalue weighted by Gasteiger charge is 2.24. The molecule has 0 saturated heterocycles. The second-order valence-corrected chi connectivity index (χ2v) is 39.5. The van der Waals surface area contributed by atoms with Crippen LogP contribution < -0.4 is 0 Å². The van der Waals surface area contributed by atoms with Gasteiger partial charge in [-0.15, -0.1) is 0 Å². The molecule has 0 N–H and O–H groups in total. The highest BCUT2D eigenvalue weighted by molar-refractivity contribution is 6.21. The standard InChI is InChI=1S/2C50H32.C48H30/c1-4-12-37-29-40(23-19-33(37)9-1)41-24-22-36-27-28-45(43-26-21-35-11-3-6-14-39(35)31-43)50(49(36)32-41)48-18-8-16-46-44(15-7-17-47(46)48)42-25-20-34-10-2-5-13-38(34)30-42;1-4-12-36-27-39(20-17-33(36)9-1)41-22-24-43-30-44(40-21-18-34-10-2-5-13-37(34)28-40)32-50(49(43)31-41)48-26-25-45(46-15-7-8-16-47(46)48)42-23-19-35-11-3-6-14-38(35)29-42;1-4-14-38-31(9-1)12-7-17-41(38)36-20-19-34-22-28-46(43-18-8-13-32-10-2-5-15-39(32)43)48(47(34)30-36)37-24-25-42-35(29-37)23-27-44-40-16-6-3-11-33(40)21-26-45(42)44/h2*1-32H;1-30H. The number of benzene rings is 30. The van der Waals surface area contributed by atoms with Crippen LogP contribution in [0.5, 0.6) is 0 Å². The fraction of sp³-hybridized carbons (Fsp3) is 0. The molecule has 0 aliphatic rings. The SMILES string of the molecule is c1ccc2c(-c3ccc4ccc(-c5cccc6ccccc56)c(-c5ccc6c(ccc7c8ccccc8ccc67)c5)c4c3)cccc2c1.c1ccc2cc(-c3cc(-c4ccc(-c5ccc6ccccc6c5)c5ccccc45)c4cc(-c5ccc6ccccc6c5)ccc4c3)ccc2c1.c1ccc2cc(-c3ccc4ccc(-c5ccc6ccccc6c5)c(-c5cccc6c(-c7ccc8ccccc8c7)cccc56)c4c3)ccc2c1. The first-order valence-electron chi connectivity index (χ1n) is 51.3. The molecule has 0 saturated carbocycles. The topological polar surface area (TPSA) is 0 Å². The zero-order chi connectivity index (χ0) is 97.6. The lowest BCUT2D eigenvalue weighted by atomic mass is 9.85. The predicted octanol–water partition coefficient (Wildman–Crippen LogP) is 41.8. The first-order valence-corrected chi connectivity index (χ1v) is 51.3. The molecule has 0 aliphatic heterocycles. The van der Waals surface area contributed by atoms with E-state index >= 15 is 0 Å². The summed E-state index contributed by atoms with van der Waals surface area (Å²) in [5.41, 5.74) is 27.3. The van der Waals surface area contributed by atoms with Crippen LogP contribution in [0, 0.1) is 0 Å². The minimum absolute atomic E-state index is 1.22. The molecule has 0 radical (unpaired) electrons. The number of hydrogen-bond donors (Lipinski definition) is 0. The molecule has 0 nitrogen and oxygen atoms in total. The van der Waals surface area contributed by atoms with Gasteiger partial charge >= 0.3 is 0 Å². The predicted molar refractivity (Wildman–Crippen MR) is 639 cm³/mol. The summed E-state index contributed by atoms with van der Waals surface area (Å²) in [7, 11) is 0. The van der Waals surface area contributed by atoms with Crippen LogP contribution in [0.3, 0.4) is 0 Å². The van der Waals surface area contributed by atoms with Gasteiger partial charge in [0.25, 0.3) is 0 Å². The van der Waals surface area contributed by atoms with E-state index in [0.717, 1.165) is 0 Å². The summed E-state index contributed by atoms with van der Waals surface area (Å²) in [6, 6.07) is 210. The summed E-state index contributed by atoms with van der Waals surface area (Å²) < 4.78 is 0. The summed E-state index contributed by atoms with van der Waals surface area (Å²) in [5, 5.41) is 40.3. The molecule has 0 spiro atoms. The van der Waals surface area contributed by atoms with Gasteiger partial charge in [-0.25, -0.2) is 0 Å². The molecule has 148 heavy (non-hydrogen) atoms. The molecule has 0 fully saturated rings. The fourth-order valence-corrected chi connectivity index (χ4v) is 23.6. The monoisotopic (exact) mass is 1870 g/mol. The van der Waals surface area contributed by atoms with E-state index in [9.17, 15) is 0 Å². The third-order valence-electron chi connectivity index (χ3n) is 31.0. The maximum absolute atomic E-state index is 2.41. The first kappa shape index (κ1) is 86.6. The molecular formula is C148H94. The lowest BCUT2D eigenvalue weighted by Gasteiger charge is -2.18. The van der Waals surface area contributed by atoms with Crippen molar-refractivity contribution in [3.05, 3.63) is 570 Å². The van der Waals surface area contributed by atoms with Crippen molar-refractivity contribution in [1.29, 1.82) is 0 Å². The molecule has 686 valence electrons. The van der Waals surface area contributed by atoms with E-state index in [4.69, 9.17) is 0 Å². The van der Waals surface area contributed by atoms with Crippen LogP contribution in [0.2, 0.25) is 0 Å². The molecule has 0 unspecified atom stereocenters. The van der Waals surface area contributed by atoms with E-state index in [1.165, 1.54) is 295 Å². The van der Waals surface area contributed by atoms with Crippen LogP contribution in [-0.4, -0.2) is 0 Å². The first-order chi connectivity index (χ1) is 73.3. The Kier molecular flexibility index (Phi) is 21.4. The molecule has 0 atom stereocenters. The van der Waals surface area contributed by atoms with E-state index in [0.29, 0.717) is 0 Å². The van der Waals surface area contributed by atoms with Gasteiger partial charge in [-0.3, -0.25) is 0 Å². The van der Waals surface area contributed by atoms with Gasteiger partial charge in [0.2, 0.25) is 0 Å². The zero-order valence-corrected chi connectivity index (χ0v) is 81.3. The minimum Gasteiger partial charge on any atom is -0.0616 e. The fourth-order valence-electron chi connectivity index (χ4n) is 23.6. The Morgan fingerprint density at radius 1 is 0.0676 bits per heavy atom. The largest absolute Gasteiger partial charge is 0.0616 e. The maximum atomic E-state index is 2.41. The van der Waals surface area contributed by atoms with Crippen molar-refractivity contribution in [2.24, 2.45) is 0 Å². The van der Waals surface area contributed by atoms with Crippen molar-refractivity contribution in [3.8, 4) is 122 Å². The van der Waals surface area contributed by atoms with Gasteiger partial charge in [-0.2, -0.15) is 0 Å². The van der Waals surface area contributed by atoms with Gasteiger partial charge in [-0.05, 0) is 368 Å². The van der Waals surface area contributed by atoms with Crippen molar-refractivity contribution in [2.75, 3.05) is 0 Å². The summed E-state index contributed by atoms with van der Waals surface area (Å²) >= 11 is 0. The third-order valence-corrected chi connectivity index (χ3v) is 31.0. The van der Waals surface area contributed by atoms with Gasteiger partial charge in [-0.1, -0.05) is 497 Å². The van der Waals surface area contributed by atoms with E-state index in [-0.39, 0.29) is 0 Å². The average Bonchev–Trinajstić information content (AvgIpc) is 0.745. The number of fused-ring (bicyclic) bond motifs is 18. The number of hydrogen-bond acceptors (Lipinski definition) is 0. The van der Waals surface area contributed by atoms with Crippen LogP contribution in [0.25, 0.3) is 295 Å². The molecule has 0 heteroatoms. The summed E-state index contributed by atoms with van der Waals surface area (Å²) in [4.78, 5) is 0. The number of rotatable bonds is 11. The molecule has 0 aromatic heterocycles. The van der Waals surface area contributed by atoms with Crippen molar-refractivity contribution in [3.63, 3.8) is 0 Å². The molecule has 30 rings (SSSR count). The van der Waals surface area contributed by atoms with Crippen molar-refractivity contribution < 1.29 is 0 Å². The van der Waals surface area contributed by atoms with Crippen molar-refractivity contribution in [1.82, 2.24) is 0 Å². The van der Waals surface area contributed by atoms with Crippen molar-refractivity contribution in [2.45, 2.75) is 0 Å². The molecule has 30 aromatic carbocycles. The van der Waals surface area contributed by atoms with E-state index in [1.807, 2.05) is 0 Å². The molecule has 0 aliphatic carbocycles. The lowest BCUT2D eigenvalue weighted by molar-refractivity contribution is 1.63. The Morgan fingerprint density at radius 3 is 0.804 bits per heavy atom. The van der Waals surface area contributed by atoms with E-state index in [2.05, 4.69) is 570 Å². The smallest absolute Gasteiger partial charge is 0.00204 e. The van der Waals surface area contributed by atoms with Crippen LogP contribution in [0.15, 0.2) is 570 Å². The Bertz CT molecular complexity index is 10600. The normalized spacial score (nSPS) is 11.6. The third kappa shape index (κ3) is 15.7. The molecule has 0 amide bonds. The summed E-state index contributed by atoms with van der Waals surface area (Å²) in [6.45, 7) is 0.